The number of hydrogen-bond donors (Lipinski definition) is 0. The predicted molar refractivity (Wildman–Crippen MR) is 237 cm³/mol. The minimum Gasteiger partial charge on any atom is -0.309 e. The molecule has 0 saturated heterocycles. The molecule has 0 bridgehead atoms. The monoisotopic (exact) mass is 715 g/mol. The van der Waals surface area contributed by atoms with Gasteiger partial charge in [-0.1, -0.05) is 164 Å². The summed E-state index contributed by atoms with van der Waals surface area (Å²) in [5.74, 6) is 0. The van der Waals surface area contributed by atoms with E-state index in [2.05, 4.69) is 155 Å². The van der Waals surface area contributed by atoms with Gasteiger partial charge < -0.3 is 9.13 Å². The molecule has 262 valence electrons. The highest BCUT2D eigenvalue weighted by molar-refractivity contribution is 6.15. The van der Waals surface area contributed by atoms with Crippen LogP contribution in [0.1, 0.15) is 4.11 Å². The molecule has 2 heteroatoms. The molecule has 2 aromatic heterocycles. The summed E-state index contributed by atoms with van der Waals surface area (Å²) in [6.45, 7) is 0. The van der Waals surface area contributed by atoms with Gasteiger partial charge in [-0.25, -0.2) is 0 Å². The molecule has 0 fully saturated rings. The van der Waals surface area contributed by atoms with E-state index in [0.29, 0.717) is 16.5 Å². The predicted octanol–water partition coefficient (Wildman–Crippen LogP) is 14.5. The van der Waals surface area contributed by atoms with Gasteiger partial charge in [0.2, 0.25) is 0 Å². The third-order valence-corrected chi connectivity index (χ3v) is 11.1. The normalized spacial score (nSPS) is 12.3. The molecule has 0 aliphatic carbocycles. The summed E-state index contributed by atoms with van der Waals surface area (Å²) in [7, 11) is 0. The van der Waals surface area contributed by atoms with Crippen LogP contribution in [0.2, 0.25) is 0 Å². The van der Waals surface area contributed by atoms with Gasteiger partial charge >= 0.3 is 0 Å². The van der Waals surface area contributed by atoms with Crippen molar-refractivity contribution in [1.82, 2.24) is 9.13 Å². The first-order valence-corrected chi connectivity index (χ1v) is 19.0. The summed E-state index contributed by atoms with van der Waals surface area (Å²) in [4.78, 5) is 0. The van der Waals surface area contributed by atoms with Gasteiger partial charge in [-0.15, -0.1) is 0 Å². The minimum absolute atomic E-state index is 0.0346. The fraction of sp³-hybridized carbons (Fsp3) is 0. The zero-order valence-corrected chi connectivity index (χ0v) is 30.4. The maximum atomic E-state index is 10.0. The third kappa shape index (κ3) is 5.26. The fourth-order valence-corrected chi connectivity index (χ4v) is 8.39. The Balaban J connectivity index is 1.16. The molecule has 11 rings (SSSR count). The number of nitrogens with zero attached hydrogens (tertiary/aromatic N) is 2. The quantitative estimate of drug-likeness (QED) is 0.162. The van der Waals surface area contributed by atoms with Crippen LogP contribution in [0.15, 0.2) is 218 Å². The van der Waals surface area contributed by atoms with Crippen molar-refractivity contribution in [2.24, 2.45) is 0 Å². The standard InChI is InChI=1S/C54H36N2/c1-4-13-37(14-5-1)39-23-25-41(26-24-39)46-20-12-21-48-50-36-43(30-34-53(50)56(54(46)48)45-31-27-40(28-32-45)38-15-6-2-7-16-38)42-29-33-52-49(35-42)47-19-10-11-22-51(47)55(52)44-17-8-3-9-18-44/h1-36H/i30D,34D,36D. The fourth-order valence-electron chi connectivity index (χ4n) is 8.39. The summed E-state index contributed by atoms with van der Waals surface area (Å²) in [6, 6.07) is 69.3. The summed E-state index contributed by atoms with van der Waals surface area (Å²) in [5, 5.41) is 3.67. The summed E-state index contributed by atoms with van der Waals surface area (Å²) < 4.78 is 33.8. The van der Waals surface area contributed by atoms with E-state index in [4.69, 9.17) is 0 Å². The van der Waals surface area contributed by atoms with Gasteiger partial charge in [0.15, 0.2) is 0 Å². The van der Waals surface area contributed by atoms with Crippen LogP contribution >= 0.6 is 0 Å². The zero-order chi connectivity index (χ0) is 39.6. The molecule has 0 saturated carbocycles. The molecule has 11 aromatic rings. The second-order valence-corrected chi connectivity index (χ2v) is 14.3. The summed E-state index contributed by atoms with van der Waals surface area (Å²) >= 11 is 0. The second-order valence-electron chi connectivity index (χ2n) is 14.3. The highest BCUT2D eigenvalue weighted by atomic mass is 15.0. The molecule has 0 amide bonds. The van der Waals surface area contributed by atoms with Crippen LogP contribution in [0.5, 0.6) is 0 Å². The van der Waals surface area contributed by atoms with Crippen molar-refractivity contribution < 1.29 is 4.11 Å². The molecular formula is C54H36N2. The van der Waals surface area contributed by atoms with E-state index in [0.717, 1.165) is 83.0 Å². The molecule has 0 aliphatic rings. The van der Waals surface area contributed by atoms with Crippen molar-refractivity contribution in [1.29, 1.82) is 0 Å². The number of rotatable bonds is 6. The highest BCUT2D eigenvalue weighted by Gasteiger charge is 2.19. The first kappa shape index (κ1) is 29.0. The summed E-state index contributed by atoms with van der Waals surface area (Å²) in [6.07, 6.45) is 0. The highest BCUT2D eigenvalue weighted by Crippen LogP contribution is 2.41. The number of aromatic nitrogens is 2. The zero-order valence-electron chi connectivity index (χ0n) is 33.4. The Morgan fingerprint density at radius 2 is 0.839 bits per heavy atom. The van der Waals surface area contributed by atoms with Gasteiger partial charge in [-0.05, 0) is 93.5 Å². The molecule has 0 spiro atoms. The Kier molecular flexibility index (Phi) is 6.81. The van der Waals surface area contributed by atoms with Gasteiger partial charge in [-0.2, -0.15) is 0 Å². The van der Waals surface area contributed by atoms with Gasteiger partial charge in [0, 0.05) is 38.5 Å². The Morgan fingerprint density at radius 1 is 0.304 bits per heavy atom. The molecule has 2 heterocycles. The number of benzene rings is 9. The topological polar surface area (TPSA) is 9.86 Å². The van der Waals surface area contributed by atoms with Crippen LogP contribution in [-0.4, -0.2) is 9.13 Å². The van der Waals surface area contributed by atoms with Crippen LogP contribution in [0.25, 0.3) is 99.5 Å². The van der Waals surface area contributed by atoms with Crippen molar-refractivity contribution in [2.75, 3.05) is 0 Å². The lowest BCUT2D eigenvalue weighted by atomic mass is 9.97. The second kappa shape index (κ2) is 13.2. The van der Waals surface area contributed by atoms with Gasteiger partial charge in [0.1, 0.15) is 0 Å². The molecule has 0 atom stereocenters. The van der Waals surface area contributed by atoms with Crippen molar-refractivity contribution in [2.45, 2.75) is 0 Å². The van der Waals surface area contributed by atoms with Crippen LogP contribution in [0.3, 0.4) is 0 Å². The van der Waals surface area contributed by atoms with Gasteiger partial charge in [-0.3, -0.25) is 0 Å². The molecule has 56 heavy (non-hydrogen) atoms. The molecule has 0 aliphatic heterocycles. The lowest BCUT2D eigenvalue weighted by Gasteiger charge is -2.13. The van der Waals surface area contributed by atoms with Crippen LogP contribution in [-0.2, 0) is 0 Å². The number of hydrogen-bond acceptors (Lipinski definition) is 0. The third-order valence-electron chi connectivity index (χ3n) is 11.1. The largest absolute Gasteiger partial charge is 0.309 e. The summed E-state index contributed by atoms with van der Waals surface area (Å²) in [5.41, 5.74) is 13.3. The number of para-hydroxylation sites is 3. The van der Waals surface area contributed by atoms with Crippen LogP contribution in [0, 0.1) is 0 Å². The smallest absolute Gasteiger partial charge is 0.0645 e. The van der Waals surface area contributed by atoms with Crippen molar-refractivity contribution >= 4 is 43.6 Å². The van der Waals surface area contributed by atoms with Crippen molar-refractivity contribution in [3.05, 3.63) is 218 Å². The van der Waals surface area contributed by atoms with E-state index in [1.54, 1.807) is 0 Å². The lowest BCUT2D eigenvalue weighted by Crippen LogP contribution is -1.96. The first-order valence-electron chi connectivity index (χ1n) is 20.5. The van der Waals surface area contributed by atoms with Crippen LogP contribution in [0.4, 0.5) is 0 Å². The van der Waals surface area contributed by atoms with E-state index in [1.807, 2.05) is 54.6 Å². The molecule has 2 nitrogen and oxygen atoms in total. The Morgan fingerprint density at radius 3 is 1.55 bits per heavy atom. The van der Waals surface area contributed by atoms with Crippen molar-refractivity contribution in [3.8, 4) is 55.9 Å². The van der Waals surface area contributed by atoms with Gasteiger partial charge in [0.25, 0.3) is 0 Å². The van der Waals surface area contributed by atoms with E-state index in [9.17, 15) is 4.11 Å². The average Bonchev–Trinajstić information content (AvgIpc) is 3.83. The van der Waals surface area contributed by atoms with Crippen molar-refractivity contribution in [3.63, 3.8) is 0 Å². The molecular weight excluding hydrogens is 677 g/mol. The van der Waals surface area contributed by atoms with E-state index in [1.165, 1.54) is 0 Å². The molecule has 0 N–H and O–H groups in total. The Bertz CT molecular complexity index is 3370. The number of fused-ring (bicyclic) bond motifs is 6. The SMILES string of the molecule is [2H]c1c(-c2ccc3c(c2)c2ccccc2n3-c2ccccc2)c([2H])c2c3cccc(-c4ccc(-c5ccccc5)cc4)c3n(-c3ccc(-c4ccccc4)cc3)c2c1[2H]. The molecule has 9 aromatic carbocycles. The molecule has 0 unspecified atom stereocenters. The molecule has 0 radical (unpaired) electrons. The maximum absolute atomic E-state index is 10.0. The lowest BCUT2D eigenvalue weighted by molar-refractivity contribution is 1.18. The van der Waals surface area contributed by atoms with E-state index in [-0.39, 0.29) is 18.1 Å². The minimum atomic E-state index is 0.0346. The Labute approximate surface area is 330 Å². The van der Waals surface area contributed by atoms with Crippen LogP contribution < -0.4 is 0 Å². The first-order chi connectivity index (χ1) is 29.0. The van der Waals surface area contributed by atoms with E-state index < -0.39 is 0 Å². The van der Waals surface area contributed by atoms with Gasteiger partial charge in [0.05, 0.1) is 26.2 Å². The maximum Gasteiger partial charge on any atom is 0.0645 e. The Hall–Kier alpha value is -7.42. The van der Waals surface area contributed by atoms with E-state index >= 15 is 0 Å². The average molecular weight is 716 g/mol.